The topological polar surface area (TPSA) is 55.0 Å². The summed E-state index contributed by atoms with van der Waals surface area (Å²) in [5.41, 5.74) is 2.94. The van der Waals surface area contributed by atoms with Crippen molar-refractivity contribution in [3.05, 3.63) is 91.4 Å². The molecule has 2 aromatic carbocycles. The number of hydrogen-bond donors (Lipinski definition) is 1. The minimum absolute atomic E-state index is 0.105. The second-order valence-electron chi connectivity index (χ2n) is 5.39. The Hall–Kier alpha value is -1.64. The van der Waals surface area contributed by atoms with Crippen LogP contribution in [0.1, 0.15) is 16.8 Å². The van der Waals surface area contributed by atoms with Crippen molar-refractivity contribution in [2.75, 3.05) is 5.94 Å². The first kappa shape index (κ1) is 18.2. The van der Waals surface area contributed by atoms with Crippen molar-refractivity contribution in [2.45, 2.75) is 18.2 Å². The van der Waals surface area contributed by atoms with Crippen LogP contribution in [-0.2, 0) is 17.8 Å². The van der Waals surface area contributed by atoms with Crippen molar-refractivity contribution in [3.63, 3.8) is 0 Å². The van der Waals surface area contributed by atoms with Crippen LogP contribution in [0.25, 0.3) is 0 Å². The highest BCUT2D eigenvalue weighted by molar-refractivity contribution is 14.1. The number of thioether (sulfide) groups is 1. The summed E-state index contributed by atoms with van der Waals surface area (Å²) < 4.78 is 6.29. The molecule has 0 aliphatic heterocycles. The van der Waals surface area contributed by atoms with Crippen molar-refractivity contribution in [2.24, 2.45) is 0 Å². The molecule has 1 N–H and O–H groups in total. The molecule has 1 aromatic heterocycles. The molecule has 0 aliphatic rings. The number of aromatic amines is 1. The smallest absolute Gasteiger partial charge is 0.265 e. The zero-order chi connectivity index (χ0) is 17.5. The summed E-state index contributed by atoms with van der Waals surface area (Å²) in [6, 6.07) is 20.0. The van der Waals surface area contributed by atoms with E-state index in [1.54, 1.807) is 0 Å². The van der Waals surface area contributed by atoms with E-state index >= 15 is 0 Å². The molecular weight excluding hydrogens is 447 g/mol. The minimum atomic E-state index is -0.105. The monoisotopic (exact) mass is 464 g/mol. The minimum Gasteiger partial charge on any atom is -0.366 e. The van der Waals surface area contributed by atoms with Crippen LogP contribution in [0.4, 0.5) is 0 Å². The predicted molar refractivity (Wildman–Crippen MR) is 109 cm³/mol. The van der Waals surface area contributed by atoms with E-state index in [-0.39, 0.29) is 5.56 Å². The van der Waals surface area contributed by atoms with Crippen molar-refractivity contribution >= 4 is 34.4 Å². The molecule has 0 saturated heterocycles. The van der Waals surface area contributed by atoms with Gasteiger partial charge in [0.2, 0.25) is 0 Å². The molecule has 0 aliphatic carbocycles. The molecule has 0 spiro atoms. The summed E-state index contributed by atoms with van der Waals surface area (Å²) >= 11 is 3.45. The van der Waals surface area contributed by atoms with Crippen LogP contribution in [0.2, 0.25) is 0 Å². The van der Waals surface area contributed by atoms with Crippen molar-refractivity contribution in [1.29, 1.82) is 0 Å². The van der Waals surface area contributed by atoms with Gasteiger partial charge in [-0.25, -0.2) is 4.98 Å². The van der Waals surface area contributed by atoms with Gasteiger partial charge in [-0.2, -0.15) is 0 Å². The van der Waals surface area contributed by atoms with E-state index in [4.69, 9.17) is 4.74 Å². The Morgan fingerprint density at radius 2 is 1.64 bits per heavy atom. The van der Waals surface area contributed by atoms with E-state index in [1.807, 2.05) is 60.7 Å². The Morgan fingerprint density at radius 3 is 2.32 bits per heavy atom. The average Bonchev–Trinajstić information content (AvgIpc) is 2.64. The first-order valence-corrected chi connectivity index (χ1v) is 9.86. The Bertz CT molecular complexity index is 870. The lowest BCUT2D eigenvalue weighted by Crippen LogP contribution is -2.16. The maximum atomic E-state index is 12.1. The highest BCUT2D eigenvalue weighted by atomic mass is 127. The Kier molecular flexibility index (Phi) is 6.66. The van der Waals surface area contributed by atoms with Gasteiger partial charge in [0.15, 0.2) is 5.16 Å². The molecule has 6 heteroatoms. The SMILES string of the molecule is O=c1[nH]c(SCOCc2ccccc2)nc(Cc2ccccc2)c1I. The molecule has 0 fully saturated rings. The van der Waals surface area contributed by atoms with Gasteiger partial charge in [-0.3, -0.25) is 4.79 Å². The van der Waals surface area contributed by atoms with Crippen molar-refractivity contribution in [3.8, 4) is 0 Å². The summed E-state index contributed by atoms with van der Waals surface area (Å²) in [4.78, 5) is 19.5. The summed E-state index contributed by atoms with van der Waals surface area (Å²) in [6.07, 6.45) is 0.640. The number of halogens is 1. The van der Waals surface area contributed by atoms with E-state index in [1.165, 1.54) is 11.8 Å². The van der Waals surface area contributed by atoms with Crippen molar-refractivity contribution < 1.29 is 4.74 Å². The molecule has 3 rings (SSSR count). The van der Waals surface area contributed by atoms with Crippen LogP contribution in [-0.4, -0.2) is 15.9 Å². The first-order chi connectivity index (χ1) is 12.2. The third-order valence-corrected chi connectivity index (χ3v) is 5.38. The summed E-state index contributed by atoms with van der Waals surface area (Å²) in [6.45, 7) is 0.541. The number of ether oxygens (including phenoxy) is 1. The summed E-state index contributed by atoms with van der Waals surface area (Å²) in [5.74, 6) is 0.434. The molecule has 25 heavy (non-hydrogen) atoms. The molecule has 0 bridgehead atoms. The maximum Gasteiger partial charge on any atom is 0.265 e. The van der Waals surface area contributed by atoms with Crippen LogP contribution >= 0.6 is 34.4 Å². The number of hydrogen-bond acceptors (Lipinski definition) is 4. The third kappa shape index (κ3) is 5.42. The van der Waals surface area contributed by atoms with E-state index in [0.29, 0.717) is 27.7 Å². The van der Waals surface area contributed by atoms with Gasteiger partial charge in [-0.1, -0.05) is 72.4 Å². The molecular formula is C19H17IN2O2S. The van der Waals surface area contributed by atoms with Gasteiger partial charge in [0.1, 0.15) is 9.51 Å². The Balaban J connectivity index is 1.62. The molecule has 0 amide bonds. The number of benzene rings is 2. The molecule has 3 aromatic rings. The predicted octanol–water partition coefficient (Wildman–Crippen LogP) is 4.23. The van der Waals surface area contributed by atoms with Crippen LogP contribution in [0, 0.1) is 3.57 Å². The zero-order valence-corrected chi connectivity index (χ0v) is 16.4. The lowest BCUT2D eigenvalue weighted by atomic mass is 10.1. The average molecular weight is 464 g/mol. The lowest BCUT2D eigenvalue weighted by Gasteiger charge is -2.07. The largest absolute Gasteiger partial charge is 0.366 e. The maximum absolute atomic E-state index is 12.1. The second kappa shape index (κ2) is 9.17. The second-order valence-corrected chi connectivity index (χ2v) is 7.38. The van der Waals surface area contributed by atoms with Crippen LogP contribution in [0.5, 0.6) is 0 Å². The summed E-state index contributed by atoms with van der Waals surface area (Å²) in [5, 5.41) is 0.587. The number of rotatable bonds is 7. The van der Waals surface area contributed by atoms with E-state index in [2.05, 4.69) is 32.6 Å². The lowest BCUT2D eigenvalue weighted by molar-refractivity contribution is 0.169. The van der Waals surface area contributed by atoms with Crippen molar-refractivity contribution in [1.82, 2.24) is 9.97 Å². The number of aromatic nitrogens is 2. The number of nitrogens with one attached hydrogen (secondary N) is 1. The number of H-pyrrole nitrogens is 1. The highest BCUT2D eigenvalue weighted by Crippen LogP contribution is 2.17. The van der Waals surface area contributed by atoms with Gasteiger partial charge in [-0.15, -0.1) is 0 Å². The van der Waals surface area contributed by atoms with E-state index < -0.39 is 0 Å². The normalized spacial score (nSPS) is 10.8. The van der Waals surface area contributed by atoms with E-state index in [9.17, 15) is 4.79 Å². The first-order valence-electron chi connectivity index (χ1n) is 7.79. The molecule has 0 radical (unpaired) electrons. The van der Waals surface area contributed by atoms with Crippen LogP contribution in [0.3, 0.4) is 0 Å². The molecule has 0 saturated carbocycles. The van der Waals surface area contributed by atoms with Crippen LogP contribution < -0.4 is 5.56 Å². The standard InChI is InChI=1S/C19H17IN2O2S/c20-17-16(11-14-7-3-1-4-8-14)21-19(22-18(17)23)25-13-24-12-15-9-5-2-6-10-15/h1-10H,11-13H2,(H,21,22,23). The highest BCUT2D eigenvalue weighted by Gasteiger charge is 2.10. The van der Waals surface area contributed by atoms with E-state index in [0.717, 1.165) is 16.8 Å². The molecule has 4 nitrogen and oxygen atoms in total. The van der Waals surface area contributed by atoms with Gasteiger partial charge in [0.25, 0.3) is 5.56 Å². The fraction of sp³-hybridized carbons (Fsp3) is 0.158. The molecule has 1 heterocycles. The molecule has 0 atom stereocenters. The van der Waals surface area contributed by atoms with Gasteiger partial charge in [0, 0.05) is 6.42 Å². The Labute approximate surface area is 164 Å². The van der Waals surface area contributed by atoms with Gasteiger partial charge in [0.05, 0.1) is 12.3 Å². The fourth-order valence-corrected chi connectivity index (χ4v) is 3.35. The van der Waals surface area contributed by atoms with Gasteiger partial charge < -0.3 is 9.72 Å². The molecule has 128 valence electrons. The van der Waals surface area contributed by atoms with Gasteiger partial charge >= 0.3 is 0 Å². The zero-order valence-electron chi connectivity index (χ0n) is 13.4. The Morgan fingerprint density at radius 1 is 1.00 bits per heavy atom. The quantitative estimate of drug-likeness (QED) is 0.187. The van der Waals surface area contributed by atoms with Gasteiger partial charge in [-0.05, 0) is 33.7 Å². The van der Waals surface area contributed by atoms with Crippen LogP contribution in [0.15, 0.2) is 70.6 Å². The summed E-state index contributed by atoms with van der Waals surface area (Å²) in [7, 11) is 0. The molecule has 0 unspecified atom stereocenters. The number of nitrogens with zero attached hydrogens (tertiary/aromatic N) is 1. The fourth-order valence-electron chi connectivity index (χ4n) is 2.29. The third-order valence-electron chi connectivity index (χ3n) is 3.51.